The normalized spacial score (nSPS) is 33.4. The van der Waals surface area contributed by atoms with E-state index >= 15 is 0 Å². The highest BCUT2D eigenvalue weighted by molar-refractivity contribution is 5.81. The standard InChI is InChI=1S/C22H31NO2/c1-15(2)16-5-4-6-17(9-16)18-7-8-22(12-18)13-23(14-22)20(24)19-10-21(3,25)11-19/h4-6,9,15,18-19,25H,7-8,10-14H2,1-3H3/t18?,19-,21+. The van der Waals surface area contributed by atoms with E-state index in [-0.39, 0.29) is 11.8 Å². The maximum atomic E-state index is 12.5. The molecule has 0 bridgehead atoms. The van der Waals surface area contributed by atoms with Crippen LogP contribution in [0.3, 0.4) is 0 Å². The van der Waals surface area contributed by atoms with E-state index in [1.807, 2.05) is 11.8 Å². The average molecular weight is 341 g/mol. The summed E-state index contributed by atoms with van der Waals surface area (Å²) in [4.78, 5) is 14.6. The van der Waals surface area contributed by atoms with Crippen LogP contribution in [0, 0.1) is 11.3 Å². The van der Waals surface area contributed by atoms with Gasteiger partial charge in [0.2, 0.25) is 5.91 Å². The lowest BCUT2D eigenvalue weighted by molar-refractivity contribution is -0.161. The van der Waals surface area contributed by atoms with Gasteiger partial charge in [0.15, 0.2) is 0 Å². The Bertz CT molecular complexity index is 664. The number of hydrogen-bond acceptors (Lipinski definition) is 2. The summed E-state index contributed by atoms with van der Waals surface area (Å²) >= 11 is 0. The molecule has 4 rings (SSSR count). The van der Waals surface area contributed by atoms with Crippen LogP contribution >= 0.6 is 0 Å². The van der Waals surface area contributed by atoms with E-state index in [1.165, 1.54) is 30.4 Å². The molecule has 2 aliphatic carbocycles. The minimum atomic E-state index is -0.608. The third-order valence-corrected chi connectivity index (χ3v) is 6.84. The van der Waals surface area contributed by atoms with Crippen molar-refractivity contribution in [2.45, 2.75) is 70.3 Å². The number of nitrogens with zero attached hydrogens (tertiary/aromatic N) is 1. The number of carbonyl (C=O) groups excluding carboxylic acids is 1. The molecule has 1 heterocycles. The highest BCUT2D eigenvalue weighted by Gasteiger charge is 2.53. The Morgan fingerprint density at radius 3 is 2.60 bits per heavy atom. The Hall–Kier alpha value is -1.35. The summed E-state index contributed by atoms with van der Waals surface area (Å²) in [5.41, 5.74) is 2.67. The molecule has 0 aromatic heterocycles. The topological polar surface area (TPSA) is 40.5 Å². The zero-order valence-electron chi connectivity index (χ0n) is 15.8. The van der Waals surface area contributed by atoms with Crippen molar-refractivity contribution in [3.05, 3.63) is 35.4 Å². The van der Waals surface area contributed by atoms with Gasteiger partial charge in [0.25, 0.3) is 0 Å². The van der Waals surface area contributed by atoms with Gasteiger partial charge in [-0.1, -0.05) is 38.1 Å². The molecule has 3 fully saturated rings. The minimum absolute atomic E-state index is 0.0623. The minimum Gasteiger partial charge on any atom is -0.390 e. The second kappa shape index (κ2) is 5.84. The maximum absolute atomic E-state index is 12.5. The van der Waals surface area contributed by atoms with Crippen molar-refractivity contribution in [2.75, 3.05) is 13.1 Å². The number of amides is 1. The summed E-state index contributed by atoms with van der Waals surface area (Å²) in [5.74, 6) is 1.57. The summed E-state index contributed by atoms with van der Waals surface area (Å²) in [7, 11) is 0. The monoisotopic (exact) mass is 341 g/mol. The fourth-order valence-corrected chi connectivity index (χ4v) is 5.30. The average Bonchev–Trinajstić information content (AvgIpc) is 2.96. The Labute approximate surface area is 151 Å². The fraction of sp³-hybridized carbons (Fsp3) is 0.682. The molecule has 1 atom stereocenters. The Morgan fingerprint density at radius 1 is 1.24 bits per heavy atom. The number of likely N-dealkylation sites (tertiary alicyclic amines) is 1. The molecule has 1 amide bonds. The molecule has 1 aromatic carbocycles. The number of aliphatic hydroxyl groups is 1. The summed E-state index contributed by atoms with van der Waals surface area (Å²) in [6.07, 6.45) is 5.00. The molecule has 3 heteroatoms. The van der Waals surface area contributed by atoms with E-state index in [9.17, 15) is 9.90 Å². The van der Waals surface area contributed by atoms with E-state index in [4.69, 9.17) is 0 Å². The van der Waals surface area contributed by atoms with Crippen molar-refractivity contribution < 1.29 is 9.90 Å². The van der Waals surface area contributed by atoms with Crippen LogP contribution in [0.2, 0.25) is 0 Å². The van der Waals surface area contributed by atoms with E-state index in [1.54, 1.807) is 0 Å². The molecular weight excluding hydrogens is 310 g/mol. The largest absolute Gasteiger partial charge is 0.390 e. The van der Waals surface area contributed by atoms with Crippen molar-refractivity contribution in [3.8, 4) is 0 Å². The molecule has 2 saturated carbocycles. The second-order valence-electron chi connectivity index (χ2n) is 9.56. The van der Waals surface area contributed by atoms with Crippen LogP contribution < -0.4 is 0 Å². The Morgan fingerprint density at radius 2 is 1.96 bits per heavy atom. The molecule has 0 radical (unpaired) electrons. The Kier molecular flexibility index (Phi) is 3.99. The van der Waals surface area contributed by atoms with Crippen LogP contribution in [-0.4, -0.2) is 34.6 Å². The molecule has 136 valence electrons. The van der Waals surface area contributed by atoms with Gasteiger partial charge in [0.05, 0.1) is 5.60 Å². The molecule has 1 aliphatic heterocycles. The number of carbonyl (C=O) groups is 1. The molecule has 1 saturated heterocycles. The third-order valence-electron chi connectivity index (χ3n) is 6.84. The van der Waals surface area contributed by atoms with Crippen molar-refractivity contribution in [3.63, 3.8) is 0 Å². The number of benzene rings is 1. The van der Waals surface area contributed by atoms with Gasteiger partial charge >= 0.3 is 0 Å². The van der Waals surface area contributed by atoms with Gasteiger partial charge in [-0.3, -0.25) is 4.79 Å². The molecular formula is C22H31NO2. The highest BCUT2D eigenvalue weighted by atomic mass is 16.3. The van der Waals surface area contributed by atoms with E-state index in [0.29, 0.717) is 30.1 Å². The number of rotatable bonds is 3. The molecule has 1 spiro atoms. The highest BCUT2D eigenvalue weighted by Crippen LogP contribution is 2.53. The zero-order valence-corrected chi connectivity index (χ0v) is 15.8. The van der Waals surface area contributed by atoms with E-state index in [0.717, 1.165) is 13.1 Å². The molecule has 3 aliphatic rings. The molecule has 25 heavy (non-hydrogen) atoms. The van der Waals surface area contributed by atoms with Crippen LogP contribution in [0.5, 0.6) is 0 Å². The van der Waals surface area contributed by atoms with Crippen LogP contribution in [0.4, 0.5) is 0 Å². The van der Waals surface area contributed by atoms with E-state index < -0.39 is 5.60 Å². The lowest BCUT2D eigenvalue weighted by atomic mass is 9.69. The van der Waals surface area contributed by atoms with Crippen molar-refractivity contribution in [1.29, 1.82) is 0 Å². The van der Waals surface area contributed by atoms with Gasteiger partial charge in [0, 0.05) is 24.4 Å². The first-order valence-electron chi connectivity index (χ1n) is 9.88. The van der Waals surface area contributed by atoms with Crippen LogP contribution in [0.25, 0.3) is 0 Å². The van der Waals surface area contributed by atoms with Gasteiger partial charge in [0.1, 0.15) is 0 Å². The first-order valence-corrected chi connectivity index (χ1v) is 9.88. The molecule has 1 aromatic rings. The van der Waals surface area contributed by atoms with Gasteiger partial charge in [-0.25, -0.2) is 0 Å². The van der Waals surface area contributed by atoms with E-state index in [2.05, 4.69) is 38.1 Å². The zero-order chi connectivity index (χ0) is 17.8. The first-order chi connectivity index (χ1) is 11.8. The summed E-state index contributed by atoms with van der Waals surface area (Å²) < 4.78 is 0. The predicted octanol–water partition coefficient (Wildman–Crippen LogP) is 4.07. The van der Waals surface area contributed by atoms with Gasteiger partial charge in [-0.05, 0) is 62.0 Å². The lowest BCUT2D eigenvalue weighted by Crippen LogP contribution is -2.61. The van der Waals surface area contributed by atoms with Crippen molar-refractivity contribution >= 4 is 5.91 Å². The quantitative estimate of drug-likeness (QED) is 0.900. The smallest absolute Gasteiger partial charge is 0.225 e. The molecule has 1 N–H and O–H groups in total. The van der Waals surface area contributed by atoms with Gasteiger partial charge in [-0.2, -0.15) is 0 Å². The fourth-order valence-electron chi connectivity index (χ4n) is 5.30. The second-order valence-corrected chi connectivity index (χ2v) is 9.56. The summed E-state index contributed by atoms with van der Waals surface area (Å²) in [6, 6.07) is 9.12. The molecule has 1 unspecified atom stereocenters. The summed E-state index contributed by atoms with van der Waals surface area (Å²) in [6.45, 7) is 8.21. The van der Waals surface area contributed by atoms with Gasteiger partial charge in [-0.15, -0.1) is 0 Å². The van der Waals surface area contributed by atoms with Crippen molar-refractivity contribution in [1.82, 2.24) is 4.90 Å². The first kappa shape index (κ1) is 17.1. The lowest BCUT2D eigenvalue weighted by Gasteiger charge is -2.52. The SMILES string of the molecule is CC(C)c1cccc(C2CCC3(C2)CN(C(=O)[C@H]2C[C@@](C)(O)C2)C3)c1. The molecule has 3 nitrogen and oxygen atoms in total. The van der Waals surface area contributed by atoms with Crippen LogP contribution in [0.15, 0.2) is 24.3 Å². The van der Waals surface area contributed by atoms with Crippen LogP contribution in [-0.2, 0) is 4.79 Å². The number of hydrogen-bond donors (Lipinski definition) is 1. The van der Waals surface area contributed by atoms with Crippen molar-refractivity contribution in [2.24, 2.45) is 11.3 Å². The maximum Gasteiger partial charge on any atom is 0.225 e. The Balaban J connectivity index is 1.35. The van der Waals surface area contributed by atoms with Crippen LogP contribution in [0.1, 0.15) is 75.8 Å². The van der Waals surface area contributed by atoms with Gasteiger partial charge < -0.3 is 10.0 Å². The summed E-state index contributed by atoms with van der Waals surface area (Å²) in [5, 5.41) is 9.86. The predicted molar refractivity (Wildman–Crippen MR) is 99.5 cm³/mol. The third kappa shape index (κ3) is 3.12.